The first-order chi connectivity index (χ1) is 7.74. The van der Waals surface area contributed by atoms with E-state index in [1.54, 1.807) is 0 Å². The van der Waals surface area contributed by atoms with Crippen molar-refractivity contribution in [3.8, 4) is 11.3 Å². The highest BCUT2D eigenvalue weighted by molar-refractivity contribution is 5.66. The number of nitrogens with two attached hydrogens (primary N) is 1. The second-order valence-corrected chi connectivity index (χ2v) is 3.91. The number of nitrogen functional groups attached to an aromatic ring is 1. The zero-order chi connectivity index (χ0) is 11.5. The van der Waals surface area contributed by atoms with Crippen molar-refractivity contribution in [3.63, 3.8) is 0 Å². The summed E-state index contributed by atoms with van der Waals surface area (Å²) in [5.74, 6) is 0.541. The summed E-state index contributed by atoms with van der Waals surface area (Å²) in [5, 5.41) is 6.95. The summed E-state index contributed by atoms with van der Waals surface area (Å²) in [6.07, 6.45) is 2.05. The van der Waals surface area contributed by atoms with Gasteiger partial charge in [0.2, 0.25) is 0 Å². The molecule has 3 heteroatoms. The minimum absolute atomic E-state index is 0.541. The highest BCUT2D eigenvalue weighted by Gasteiger charge is 2.07. The molecule has 0 fully saturated rings. The van der Waals surface area contributed by atoms with Crippen molar-refractivity contribution in [2.45, 2.75) is 26.7 Å². The van der Waals surface area contributed by atoms with Crippen LogP contribution >= 0.6 is 0 Å². The van der Waals surface area contributed by atoms with Gasteiger partial charge in [0.1, 0.15) is 5.82 Å². The van der Waals surface area contributed by atoms with Crippen LogP contribution in [0.1, 0.15) is 25.0 Å². The molecule has 0 aliphatic carbocycles. The molecule has 16 heavy (non-hydrogen) atoms. The lowest BCUT2D eigenvalue weighted by atomic mass is 9.98. The number of aromatic amines is 1. The number of H-pyrrole nitrogens is 1. The highest BCUT2D eigenvalue weighted by Crippen LogP contribution is 2.25. The van der Waals surface area contributed by atoms with Crippen LogP contribution in [0.5, 0.6) is 0 Å². The number of hydrogen-bond acceptors (Lipinski definition) is 2. The van der Waals surface area contributed by atoms with Crippen LogP contribution in [-0.4, -0.2) is 10.2 Å². The van der Waals surface area contributed by atoms with Gasteiger partial charge in [0.25, 0.3) is 0 Å². The lowest BCUT2D eigenvalue weighted by Gasteiger charge is -2.07. The number of aromatic nitrogens is 2. The number of anilines is 1. The molecule has 0 radical (unpaired) electrons. The van der Waals surface area contributed by atoms with Gasteiger partial charge in [-0.25, -0.2) is 0 Å². The third-order valence-electron chi connectivity index (χ3n) is 2.85. The minimum Gasteiger partial charge on any atom is -0.382 e. The second-order valence-electron chi connectivity index (χ2n) is 3.91. The van der Waals surface area contributed by atoms with Crippen LogP contribution in [0, 0.1) is 0 Å². The molecule has 0 unspecified atom stereocenters. The summed E-state index contributed by atoms with van der Waals surface area (Å²) in [6.45, 7) is 4.32. The Labute approximate surface area is 95.7 Å². The van der Waals surface area contributed by atoms with E-state index in [9.17, 15) is 0 Å². The molecule has 3 nitrogen and oxygen atoms in total. The molecule has 84 valence electrons. The first kappa shape index (κ1) is 10.7. The summed E-state index contributed by atoms with van der Waals surface area (Å²) >= 11 is 0. The van der Waals surface area contributed by atoms with Crippen molar-refractivity contribution in [1.29, 1.82) is 0 Å². The SMILES string of the molecule is CCc1ccc(CC)c(-c2cc(N)n[nH]2)c1. The number of benzene rings is 1. The Morgan fingerprint density at radius 1 is 1.19 bits per heavy atom. The van der Waals surface area contributed by atoms with Gasteiger partial charge in [-0.05, 0) is 30.0 Å². The monoisotopic (exact) mass is 215 g/mol. The average molecular weight is 215 g/mol. The van der Waals surface area contributed by atoms with E-state index in [1.807, 2.05) is 6.07 Å². The minimum atomic E-state index is 0.541. The number of nitrogens with zero attached hydrogens (tertiary/aromatic N) is 1. The summed E-state index contributed by atoms with van der Waals surface area (Å²) in [7, 11) is 0. The maximum Gasteiger partial charge on any atom is 0.145 e. The molecule has 0 saturated heterocycles. The molecule has 0 aliphatic rings. The van der Waals surface area contributed by atoms with Crippen LogP contribution in [0.25, 0.3) is 11.3 Å². The number of aryl methyl sites for hydroxylation is 2. The molecule has 1 aromatic carbocycles. The summed E-state index contributed by atoms with van der Waals surface area (Å²) in [5.41, 5.74) is 10.5. The van der Waals surface area contributed by atoms with E-state index >= 15 is 0 Å². The van der Waals surface area contributed by atoms with Gasteiger partial charge in [0.05, 0.1) is 5.69 Å². The van der Waals surface area contributed by atoms with Gasteiger partial charge in [-0.15, -0.1) is 0 Å². The summed E-state index contributed by atoms with van der Waals surface area (Å²) < 4.78 is 0. The van der Waals surface area contributed by atoms with E-state index in [2.05, 4.69) is 42.2 Å². The van der Waals surface area contributed by atoms with Crippen LogP contribution in [0.4, 0.5) is 5.82 Å². The molecule has 1 aromatic heterocycles. The Bertz CT molecular complexity index is 486. The predicted molar refractivity (Wildman–Crippen MR) is 67.2 cm³/mol. The number of hydrogen-bond donors (Lipinski definition) is 2. The topological polar surface area (TPSA) is 54.7 Å². The van der Waals surface area contributed by atoms with Crippen LogP contribution in [0.2, 0.25) is 0 Å². The van der Waals surface area contributed by atoms with Crippen molar-refractivity contribution in [3.05, 3.63) is 35.4 Å². The third-order valence-corrected chi connectivity index (χ3v) is 2.85. The van der Waals surface area contributed by atoms with Crippen molar-refractivity contribution < 1.29 is 0 Å². The van der Waals surface area contributed by atoms with Crippen molar-refractivity contribution in [2.75, 3.05) is 5.73 Å². The Morgan fingerprint density at radius 3 is 2.56 bits per heavy atom. The lowest BCUT2D eigenvalue weighted by Crippen LogP contribution is -1.91. The van der Waals surface area contributed by atoms with Gasteiger partial charge in [0.15, 0.2) is 0 Å². The summed E-state index contributed by atoms with van der Waals surface area (Å²) in [4.78, 5) is 0. The molecule has 0 amide bonds. The van der Waals surface area contributed by atoms with E-state index in [4.69, 9.17) is 5.73 Å². The van der Waals surface area contributed by atoms with Crippen molar-refractivity contribution in [2.24, 2.45) is 0 Å². The van der Waals surface area contributed by atoms with Crippen molar-refractivity contribution >= 4 is 5.82 Å². The van der Waals surface area contributed by atoms with Gasteiger partial charge in [-0.2, -0.15) is 5.10 Å². The molecule has 0 spiro atoms. The Morgan fingerprint density at radius 2 is 2.00 bits per heavy atom. The molecule has 3 N–H and O–H groups in total. The van der Waals surface area contributed by atoms with Crippen LogP contribution in [0.15, 0.2) is 24.3 Å². The average Bonchev–Trinajstić information content (AvgIpc) is 2.75. The third kappa shape index (κ3) is 1.94. The number of nitrogens with one attached hydrogen (secondary N) is 1. The molecule has 0 aliphatic heterocycles. The maximum atomic E-state index is 5.64. The van der Waals surface area contributed by atoms with E-state index in [0.29, 0.717) is 5.82 Å². The van der Waals surface area contributed by atoms with E-state index in [0.717, 1.165) is 18.5 Å². The van der Waals surface area contributed by atoms with E-state index in [-0.39, 0.29) is 0 Å². The van der Waals surface area contributed by atoms with Crippen LogP contribution in [0.3, 0.4) is 0 Å². The van der Waals surface area contributed by atoms with Crippen LogP contribution < -0.4 is 5.73 Å². The first-order valence-electron chi connectivity index (χ1n) is 5.67. The lowest BCUT2D eigenvalue weighted by molar-refractivity contribution is 1.07. The van der Waals surface area contributed by atoms with Crippen molar-refractivity contribution in [1.82, 2.24) is 10.2 Å². The van der Waals surface area contributed by atoms with Gasteiger partial charge in [-0.1, -0.05) is 26.0 Å². The second kappa shape index (κ2) is 4.39. The zero-order valence-electron chi connectivity index (χ0n) is 9.75. The molecule has 1 heterocycles. The zero-order valence-corrected chi connectivity index (χ0v) is 9.75. The molecule has 2 rings (SSSR count). The highest BCUT2D eigenvalue weighted by atomic mass is 15.2. The fraction of sp³-hybridized carbons (Fsp3) is 0.308. The maximum absolute atomic E-state index is 5.64. The van der Waals surface area contributed by atoms with Gasteiger partial charge < -0.3 is 5.73 Å². The van der Waals surface area contributed by atoms with E-state index in [1.165, 1.54) is 16.7 Å². The fourth-order valence-corrected chi connectivity index (χ4v) is 1.88. The van der Waals surface area contributed by atoms with Gasteiger partial charge >= 0.3 is 0 Å². The quantitative estimate of drug-likeness (QED) is 0.827. The molecule has 0 atom stereocenters. The smallest absolute Gasteiger partial charge is 0.145 e. The molecule has 0 bridgehead atoms. The Balaban J connectivity index is 2.52. The molecular weight excluding hydrogens is 198 g/mol. The molecule has 0 saturated carbocycles. The number of rotatable bonds is 3. The van der Waals surface area contributed by atoms with Crippen LogP contribution in [-0.2, 0) is 12.8 Å². The first-order valence-corrected chi connectivity index (χ1v) is 5.67. The largest absolute Gasteiger partial charge is 0.382 e. The summed E-state index contributed by atoms with van der Waals surface area (Å²) in [6, 6.07) is 8.47. The van der Waals surface area contributed by atoms with Gasteiger partial charge in [0, 0.05) is 11.6 Å². The van der Waals surface area contributed by atoms with E-state index < -0.39 is 0 Å². The molecule has 2 aromatic rings. The fourth-order valence-electron chi connectivity index (χ4n) is 1.88. The Kier molecular flexibility index (Phi) is 2.95. The molecular formula is C13H17N3. The standard InChI is InChI=1S/C13H17N3/c1-3-9-5-6-10(4-2)11(7-9)12-8-13(14)16-15-12/h5-8H,3-4H2,1-2H3,(H3,14,15,16). The normalized spacial score (nSPS) is 10.6. The Hall–Kier alpha value is -1.77. The predicted octanol–water partition coefficient (Wildman–Crippen LogP) is 2.78. The van der Waals surface area contributed by atoms with Gasteiger partial charge in [-0.3, -0.25) is 5.10 Å².